The summed E-state index contributed by atoms with van der Waals surface area (Å²) < 4.78 is 6.73. The molecule has 1 atom stereocenters. The van der Waals surface area contributed by atoms with Crippen molar-refractivity contribution in [3.05, 3.63) is 70.1 Å². The molecular formula is C21H23N3O3. The Hall–Kier alpha value is -3.15. The van der Waals surface area contributed by atoms with Crippen LogP contribution in [0.15, 0.2) is 53.3 Å². The molecular weight excluding hydrogens is 342 g/mol. The number of ether oxygens (including phenoxy) is 1. The van der Waals surface area contributed by atoms with Gasteiger partial charge in [0, 0.05) is 10.9 Å². The lowest BCUT2D eigenvalue weighted by Crippen LogP contribution is -2.32. The molecule has 1 heterocycles. The lowest BCUT2D eigenvalue weighted by molar-refractivity contribution is 0.0933. The Bertz CT molecular complexity index is 1040. The van der Waals surface area contributed by atoms with E-state index in [0.29, 0.717) is 16.5 Å². The predicted octanol–water partition coefficient (Wildman–Crippen LogP) is 3.48. The van der Waals surface area contributed by atoms with Crippen molar-refractivity contribution in [1.82, 2.24) is 15.1 Å². The third-order valence-electron chi connectivity index (χ3n) is 4.49. The summed E-state index contributed by atoms with van der Waals surface area (Å²) >= 11 is 0. The Labute approximate surface area is 157 Å². The number of rotatable bonds is 5. The van der Waals surface area contributed by atoms with Gasteiger partial charge in [-0.3, -0.25) is 9.59 Å². The lowest BCUT2D eigenvalue weighted by atomic mass is 10.1. The lowest BCUT2D eigenvalue weighted by Gasteiger charge is -2.18. The summed E-state index contributed by atoms with van der Waals surface area (Å²) in [7, 11) is 1.60. The van der Waals surface area contributed by atoms with Gasteiger partial charge in [-0.1, -0.05) is 36.4 Å². The van der Waals surface area contributed by atoms with Crippen LogP contribution in [0.5, 0.6) is 5.75 Å². The number of methoxy groups -OCH3 is 1. The smallest absolute Gasteiger partial charge is 0.274 e. The first kappa shape index (κ1) is 18.6. The number of hydrogen-bond donors (Lipinski definition) is 1. The van der Waals surface area contributed by atoms with Gasteiger partial charge in [0.15, 0.2) is 5.69 Å². The van der Waals surface area contributed by atoms with Gasteiger partial charge in [0.2, 0.25) is 0 Å². The second-order valence-corrected chi connectivity index (χ2v) is 6.67. The maximum absolute atomic E-state index is 13.0. The predicted molar refractivity (Wildman–Crippen MR) is 105 cm³/mol. The van der Waals surface area contributed by atoms with E-state index < -0.39 is 0 Å². The summed E-state index contributed by atoms with van der Waals surface area (Å²) in [5.41, 5.74) is 0.908. The average molecular weight is 365 g/mol. The van der Waals surface area contributed by atoms with Gasteiger partial charge in [0.1, 0.15) is 5.75 Å². The van der Waals surface area contributed by atoms with Gasteiger partial charge in [-0.2, -0.15) is 5.10 Å². The van der Waals surface area contributed by atoms with Gasteiger partial charge in [-0.15, -0.1) is 0 Å². The van der Waals surface area contributed by atoms with Gasteiger partial charge in [0.25, 0.3) is 11.5 Å². The highest BCUT2D eigenvalue weighted by atomic mass is 16.5. The third-order valence-corrected chi connectivity index (χ3v) is 4.49. The molecule has 0 fully saturated rings. The van der Waals surface area contributed by atoms with Crippen molar-refractivity contribution in [2.45, 2.75) is 32.9 Å². The summed E-state index contributed by atoms with van der Waals surface area (Å²) in [6, 6.07) is 14.1. The van der Waals surface area contributed by atoms with Crippen molar-refractivity contribution in [2.24, 2.45) is 0 Å². The number of carbonyl (C=O) groups excluding carboxylic acids is 1. The van der Waals surface area contributed by atoms with Crippen molar-refractivity contribution in [3.8, 4) is 5.75 Å². The number of para-hydroxylation sites is 1. The molecule has 140 valence electrons. The first-order valence-corrected chi connectivity index (χ1v) is 8.89. The second kappa shape index (κ2) is 7.61. The van der Waals surface area contributed by atoms with Crippen molar-refractivity contribution in [2.75, 3.05) is 7.11 Å². The van der Waals surface area contributed by atoms with Crippen molar-refractivity contribution in [3.63, 3.8) is 0 Å². The van der Waals surface area contributed by atoms with Crippen molar-refractivity contribution in [1.29, 1.82) is 0 Å². The number of benzene rings is 2. The van der Waals surface area contributed by atoms with Crippen LogP contribution in [0.2, 0.25) is 0 Å². The SMILES string of the molecule is COc1ccccc1[C@H](C)NC(=O)c1nn(C(C)C)c(=O)c2ccccc12. The monoisotopic (exact) mass is 365 g/mol. The number of hydrogen-bond acceptors (Lipinski definition) is 4. The molecule has 27 heavy (non-hydrogen) atoms. The van der Waals surface area contributed by atoms with E-state index in [9.17, 15) is 9.59 Å². The molecule has 0 radical (unpaired) electrons. The van der Waals surface area contributed by atoms with Crippen LogP contribution in [0, 0.1) is 0 Å². The molecule has 1 amide bonds. The number of carbonyl (C=O) groups is 1. The normalized spacial score (nSPS) is 12.2. The van der Waals surface area contributed by atoms with Crippen LogP contribution in [-0.4, -0.2) is 22.8 Å². The van der Waals surface area contributed by atoms with Gasteiger partial charge < -0.3 is 10.1 Å². The minimum absolute atomic E-state index is 0.153. The van der Waals surface area contributed by atoms with E-state index in [2.05, 4.69) is 10.4 Å². The highest BCUT2D eigenvalue weighted by molar-refractivity contribution is 6.04. The molecule has 6 nitrogen and oxygen atoms in total. The Balaban J connectivity index is 2.03. The van der Waals surface area contributed by atoms with E-state index >= 15 is 0 Å². The molecule has 3 aromatic rings. The van der Waals surface area contributed by atoms with Crippen LogP contribution < -0.4 is 15.6 Å². The maximum Gasteiger partial charge on any atom is 0.274 e. The molecule has 2 aromatic carbocycles. The van der Waals surface area contributed by atoms with E-state index in [-0.39, 0.29) is 29.2 Å². The summed E-state index contributed by atoms with van der Waals surface area (Å²) in [5, 5.41) is 8.35. The van der Waals surface area contributed by atoms with Gasteiger partial charge >= 0.3 is 0 Å². The van der Waals surface area contributed by atoms with Crippen LogP contribution in [0.4, 0.5) is 0 Å². The van der Waals surface area contributed by atoms with Gasteiger partial charge in [-0.05, 0) is 32.9 Å². The van der Waals surface area contributed by atoms with E-state index in [4.69, 9.17) is 4.74 Å². The topological polar surface area (TPSA) is 73.2 Å². The minimum atomic E-state index is -0.334. The molecule has 0 bridgehead atoms. The van der Waals surface area contributed by atoms with Gasteiger partial charge in [0.05, 0.1) is 24.6 Å². The molecule has 1 aromatic heterocycles. The number of nitrogens with one attached hydrogen (secondary N) is 1. The number of nitrogens with zero attached hydrogens (tertiary/aromatic N) is 2. The molecule has 0 spiro atoms. The van der Waals surface area contributed by atoms with E-state index in [1.54, 1.807) is 31.4 Å². The van der Waals surface area contributed by atoms with E-state index in [1.165, 1.54) is 4.68 Å². The standard InChI is InChI=1S/C21H23N3O3/c1-13(2)24-21(26)17-11-6-5-10-16(17)19(23-24)20(25)22-14(3)15-9-7-8-12-18(15)27-4/h5-14H,1-4H3,(H,22,25)/t14-/m0/s1. The Morgan fingerprint density at radius 1 is 1.04 bits per heavy atom. The fraction of sp³-hybridized carbons (Fsp3) is 0.286. The molecule has 3 rings (SSSR count). The molecule has 6 heteroatoms. The highest BCUT2D eigenvalue weighted by Crippen LogP contribution is 2.25. The number of aromatic nitrogens is 2. The molecule has 0 saturated carbocycles. The van der Waals surface area contributed by atoms with Crippen molar-refractivity contribution < 1.29 is 9.53 Å². The summed E-state index contributed by atoms with van der Waals surface area (Å²) in [6.07, 6.45) is 0. The second-order valence-electron chi connectivity index (χ2n) is 6.67. The quantitative estimate of drug-likeness (QED) is 0.751. The summed E-state index contributed by atoms with van der Waals surface area (Å²) in [5.74, 6) is 0.370. The molecule has 0 unspecified atom stereocenters. The van der Waals surface area contributed by atoms with Crippen LogP contribution in [0.1, 0.15) is 48.9 Å². The zero-order chi connectivity index (χ0) is 19.6. The molecule has 0 aliphatic carbocycles. The fourth-order valence-corrected chi connectivity index (χ4v) is 3.09. The average Bonchev–Trinajstić information content (AvgIpc) is 2.68. The maximum atomic E-state index is 13.0. The van der Waals surface area contributed by atoms with Gasteiger partial charge in [-0.25, -0.2) is 4.68 Å². The first-order chi connectivity index (χ1) is 12.9. The summed E-state index contributed by atoms with van der Waals surface area (Å²) in [4.78, 5) is 25.6. The Morgan fingerprint density at radius 3 is 2.33 bits per heavy atom. The Morgan fingerprint density at radius 2 is 1.67 bits per heavy atom. The molecule has 0 saturated heterocycles. The number of fused-ring (bicyclic) bond motifs is 1. The molecule has 0 aliphatic heterocycles. The van der Waals surface area contributed by atoms with Crippen LogP contribution in [0.3, 0.4) is 0 Å². The van der Waals surface area contributed by atoms with E-state index in [1.807, 2.05) is 45.0 Å². The Kier molecular flexibility index (Phi) is 5.26. The minimum Gasteiger partial charge on any atom is -0.496 e. The highest BCUT2D eigenvalue weighted by Gasteiger charge is 2.20. The van der Waals surface area contributed by atoms with Crippen LogP contribution >= 0.6 is 0 Å². The zero-order valence-corrected chi connectivity index (χ0v) is 15.9. The van der Waals surface area contributed by atoms with Crippen LogP contribution in [0.25, 0.3) is 10.8 Å². The third kappa shape index (κ3) is 3.56. The van der Waals surface area contributed by atoms with Crippen molar-refractivity contribution >= 4 is 16.7 Å². The fourth-order valence-electron chi connectivity index (χ4n) is 3.09. The largest absolute Gasteiger partial charge is 0.496 e. The molecule has 1 N–H and O–H groups in total. The zero-order valence-electron chi connectivity index (χ0n) is 15.9. The van der Waals surface area contributed by atoms with Crippen LogP contribution in [-0.2, 0) is 0 Å². The number of amides is 1. The first-order valence-electron chi connectivity index (χ1n) is 8.89. The summed E-state index contributed by atoms with van der Waals surface area (Å²) in [6.45, 7) is 5.61. The van der Waals surface area contributed by atoms with E-state index in [0.717, 1.165) is 5.56 Å². The molecule has 0 aliphatic rings.